The van der Waals surface area contributed by atoms with E-state index in [-0.39, 0.29) is 33.2 Å². The summed E-state index contributed by atoms with van der Waals surface area (Å²) in [6.07, 6.45) is 1.43. The van der Waals surface area contributed by atoms with Crippen LogP contribution in [0, 0.1) is 0 Å². The lowest BCUT2D eigenvalue weighted by Crippen LogP contribution is -2.71. The summed E-state index contributed by atoms with van der Waals surface area (Å²) in [5.41, 5.74) is 7.51. The van der Waals surface area contributed by atoms with Crippen molar-refractivity contribution in [3.63, 3.8) is 0 Å². The Bertz CT molecular complexity index is 1230. The molecule has 2 aromatic heterocycles. The van der Waals surface area contributed by atoms with Crippen molar-refractivity contribution in [2.75, 3.05) is 23.8 Å². The number of hydrogen-bond acceptors (Lipinski definition) is 13. The Morgan fingerprint density at radius 3 is 2.94 bits per heavy atom. The third-order valence-corrected chi connectivity index (χ3v) is 9.01. The number of β-lactam (4-membered cyclic amide) rings is 1. The average molecular weight is 574 g/mol. The van der Waals surface area contributed by atoms with E-state index in [9.17, 15) is 19.5 Å². The van der Waals surface area contributed by atoms with Crippen molar-refractivity contribution in [1.29, 1.82) is 0 Å². The lowest BCUT2D eigenvalue weighted by molar-refractivity contribution is -0.150. The summed E-state index contributed by atoms with van der Waals surface area (Å²) in [7, 11) is 0. The first-order valence-corrected chi connectivity index (χ1v) is 13.8. The van der Waals surface area contributed by atoms with Crippen LogP contribution in [0.5, 0.6) is 0 Å². The molecule has 2 atom stereocenters. The number of carbonyl (C=O) groups excluding carboxylic acids is 2. The van der Waals surface area contributed by atoms with Gasteiger partial charge in [-0.05, 0) is 5.57 Å². The highest BCUT2D eigenvalue weighted by molar-refractivity contribution is 8.01. The minimum Gasteiger partial charge on any atom is -0.477 e. The minimum atomic E-state index is -1.22. The van der Waals surface area contributed by atoms with E-state index >= 15 is 0 Å². The second kappa shape index (κ2) is 10.9. The molecule has 0 saturated carbocycles. The van der Waals surface area contributed by atoms with Gasteiger partial charge in [0.05, 0.1) is 0 Å². The van der Waals surface area contributed by atoms with Gasteiger partial charge in [-0.3, -0.25) is 14.5 Å². The Balaban J connectivity index is 1.51. The van der Waals surface area contributed by atoms with Crippen LogP contribution in [0.3, 0.4) is 0 Å². The topological polar surface area (TPSA) is 173 Å². The fourth-order valence-electron chi connectivity index (χ4n) is 3.19. The van der Waals surface area contributed by atoms with Crippen LogP contribution in [-0.4, -0.2) is 78.2 Å². The van der Waals surface area contributed by atoms with E-state index in [1.807, 2.05) is 0 Å². The molecule has 1 unspecified atom stereocenters. The van der Waals surface area contributed by atoms with Crippen LogP contribution in [0.4, 0.5) is 5.13 Å². The summed E-state index contributed by atoms with van der Waals surface area (Å²) in [6.45, 7) is 3.53. The second-order valence-corrected chi connectivity index (χ2v) is 11.6. The van der Waals surface area contributed by atoms with Gasteiger partial charge in [0.15, 0.2) is 15.2 Å². The van der Waals surface area contributed by atoms with E-state index in [0.717, 1.165) is 11.3 Å². The SMILES string of the molecule is C=CCON=C(C(=O)NC1C(=O)N2C(C(=O)O)=C(CSc3nncs3)CS[C@@H]12)c1nc(N)sc1Cl. The van der Waals surface area contributed by atoms with Gasteiger partial charge < -0.3 is 21.0 Å². The normalized spacial score (nSPS) is 19.7. The molecule has 2 aromatic rings. The summed E-state index contributed by atoms with van der Waals surface area (Å²) < 4.78 is 0.821. The molecule has 0 radical (unpaired) electrons. The van der Waals surface area contributed by atoms with Crippen LogP contribution in [0.1, 0.15) is 5.69 Å². The van der Waals surface area contributed by atoms with Crippen LogP contribution in [0.15, 0.2) is 38.9 Å². The first-order chi connectivity index (χ1) is 16.8. The summed E-state index contributed by atoms with van der Waals surface area (Å²) in [5.74, 6) is -1.82. The van der Waals surface area contributed by atoms with E-state index in [4.69, 9.17) is 22.2 Å². The lowest BCUT2D eigenvalue weighted by atomic mass is 10.0. The number of carbonyl (C=O) groups is 3. The monoisotopic (exact) mass is 573 g/mol. The molecule has 0 aromatic carbocycles. The first-order valence-electron chi connectivity index (χ1n) is 9.64. The number of rotatable bonds is 10. The number of thioether (sulfide) groups is 2. The lowest BCUT2D eigenvalue weighted by Gasteiger charge is -2.49. The van der Waals surface area contributed by atoms with Crippen molar-refractivity contribution < 1.29 is 24.3 Å². The zero-order chi connectivity index (χ0) is 25.1. The van der Waals surface area contributed by atoms with E-state index in [1.165, 1.54) is 45.8 Å². The Hall–Kier alpha value is -2.66. The molecule has 17 heteroatoms. The fourth-order valence-corrected chi connectivity index (χ4v) is 7.09. The number of oxime groups is 1. The number of amides is 2. The molecule has 1 saturated heterocycles. The number of halogens is 1. The fraction of sp³-hybridized carbons (Fsp3) is 0.278. The molecule has 1 fully saturated rings. The smallest absolute Gasteiger partial charge is 0.352 e. The highest BCUT2D eigenvalue weighted by Crippen LogP contribution is 2.41. The second-order valence-electron chi connectivity index (χ2n) is 6.81. The molecule has 35 heavy (non-hydrogen) atoms. The number of aromatic nitrogens is 3. The van der Waals surface area contributed by atoms with Crippen molar-refractivity contribution in [3.05, 3.63) is 39.5 Å². The maximum atomic E-state index is 13.0. The maximum absolute atomic E-state index is 13.0. The first kappa shape index (κ1) is 25.4. The number of thiazole rings is 1. The van der Waals surface area contributed by atoms with Crippen molar-refractivity contribution in [1.82, 2.24) is 25.4 Å². The number of nitrogen functional groups attached to an aromatic ring is 1. The molecule has 0 bridgehead atoms. The third-order valence-electron chi connectivity index (χ3n) is 4.64. The Morgan fingerprint density at radius 1 is 1.51 bits per heavy atom. The molecule has 0 aliphatic carbocycles. The standard InChI is InChI=1S/C18H16ClN7O5S4/c1-2-3-31-25-9(8-12(19)35-17(20)23-8)13(27)22-10-14(28)26-11(16(29)30)7(4-32-15(10)26)5-33-18-24-21-6-34-18/h2,6,10,15H,1,3-5H2,(H2,20,23)(H,22,27)(H,29,30)/t10?,15-/m0/s1. The van der Waals surface area contributed by atoms with Gasteiger partial charge in [0.1, 0.15) is 39.3 Å². The Morgan fingerprint density at radius 2 is 2.31 bits per heavy atom. The van der Waals surface area contributed by atoms with Crippen LogP contribution < -0.4 is 11.1 Å². The van der Waals surface area contributed by atoms with Gasteiger partial charge in [0.25, 0.3) is 11.8 Å². The van der Waals surface area contributed by atoms with Crippen molar-refractivity contribution in [2.24, 2.45) is 5.16 Å². The van der Waals surface area contributed by atoms with Gasteiger partial charge in [0, 0.05) is 11.5 Å². The molecule has 2 amide bonds. The molecule has 0 spiro atoms. The molecule has 2 aliphatic heterocycles. The Labute approximate surface area is 219 Å². The van der Waals surface area contributed by atoms with Crippen LogP contribution >= 0.6 is 57.8 Å². The van der Waals surface area contributed by atoms with Crippen molar-refractivity contribution >= 4 is 86.4 Å². The van der Waals surface area contributed by atoms with Gasteiger partial charge in [0.2, 0.25) is 0 Å². The predicted molar refractivity (Wildman–Crippen MR) is 135 cm³/mol. The van der Waals surface area contributed by atoms with Crippen molar-refractivity contribution in [2.45, 2.75) is 15.8 Å². The van der Waals surface area contributed by atoms with E-state index in [1.54, 1.807) is 5.51 Å². The summed E-state index contributed by atoms with van der Waals surface area (Å²) in [6, 6.07) is -0.974. The number of carboxylic acids is 1. The molecule has 2 aliphatic rings. The largest absolute Gasteiger partial charge is 0.477 e. The van der Waals surface area contributed by atoms with Crippen molar-refractivity contribution in [3.8, 4) is 0 Å². The summed E-state index contributed by atoms with van der Waals surface area (Å²) >= 11 is 11.1. The number of anilines is 1. The highest BCUT2D eigenvalue weighted by Gasteiger charge is 2.54. The van der Waals surface area contributed by atoms with Crippen LogP contribution in [-0.2, 0) is 19.2 Å². The number of carboxylic acid groups (broad SMARTS) is 1. The number of hydrogen-bond donors (Lipinski definition) is 3. The highest BCUT2D eigenvalue weighted by atomic mass is 35.5. The summed E-state index contributed by atoms with van der Waals surface area (Å²) in [4.78, 5) is 48.2. The molecular weight excluding hydrogens is 558 g/mol. The molecular formula is C18H16ClN7O5S4. The molecule has 184 valence electrons. The number of nitrogens with zero attached hydrogens (tertiary/aromatic N) is 5. The maximum Gasteiger partial charge on any atom is 0.352 e. The average Bonchev–Trinajstić information content (AvgIpc) is 3.46. The molecule has 4 rings (SSSR count). The van der Waals surface area contributed by atoms with Gasteiger partial charge in [-0.2, -0.15) is 0 Å². The van der Waals surface area contributed by atoms with Crippen LogP contribution in [0.2, 0.25) is 4.34 Å². The number of aliphatic carboxylic acids is 1. The number of fused-ring (bicyclic) bond motifs is 1. The molecule has 12 nitrogen and oxygen atoms in total. The zero-order valence-electron chi connectivity index (χ0n) is 17.5. The number of nitrogens with one attached hydrogen (secondary N) is 1. The van der Waals surface area contributed by atoms with E-state index in [2.05, 4.69) is 32.2 Å². The number of nitrogens with two attached hydrogens (primary N) is 1. The third kappa shape index (κ3) is 5.30. The van der Waals surface area contributed by atoms with Gasteiger partial charge >= 0.3 is 5.97 Å². The van der Waals surface area contributed by atoms with Gasteiger partial charge in [-0.1, -0.05) is 63.8 Å². The van der Waals surface area contributed by atoms with Gasteiger partial charge in [-0.25, -0.2) is 9.78 Å². The van der Waals surface area contributed by atoms with E-state index < -0.39 is 29.2 Å². The Kier molecular flexibility index (Phi) is 7.95. The zero-order valence-corrected chi connectivity index (χ0v) is 21.6. The quantitative estimate of drug-likeness (QED) is 0.0941. The minimum absolute atomic E-state index is 0.0118. The molecule has 4 N–H and O–H groups in total. The van der Waals surface area contributed by atoms with Gasteiger partial charge in [-0.15, -0.1) is 22.0 Å². The van der Waals surface area contributed by atoms with Crippen LogP contribution in [0.25, 0.3) is 0 Å². The van der Waals surface area contributed by atoms with E-state index in [0.29, 0.717) is 21.4 Å². The predicted octanol–water partition coefficient (Wildman–Crippen LogP) is 1.67. The summed E-state index contributed by atoms with van der Waals surface area (Å²) in [5, 5.41) is 23.4. The molecule has 4 heterocycles.